The van der Waals surface area contributed by atoms with Crippen molar-refractivity contribution in [2.45, 2.75) is 12.5 Å². The number of fused-ring (bicyclic) bond motifs is 1. The Kier molecular flexibility index (Phi) is 4.53. The molecule has 1 amide bonds. The van der Waals surface area contributed by atoms with Gasteiger partial charge in [-0.1, -0.05) is 6.07 Å². The van der Waals surface area contributed by atoms with E-state index in [4.69, 9.17) is 4.74 Å². The van der Waals surface area contributed by atoms with E-state index < -0.39 is 17.7 Å². The Morgan fingerprint density at radius 3 is 3.00 bits per heavy atom. The van der Waals surface area contributed by atoms with E-state index in [0.29, 0.717) is 13.0 Å². The second kappa shape index (κ2) is 7.14. The molecular formula is C19H16F2N4O2. The van der Waals surface area contributed by atoms with Crippen LogP contribution < -0.4 is 4.74 Å². The third kappa shape index (κ3) is 3.38. The van der Waals surface area contributed by atoms with E-state index in [2.05, 4.69) is 15.0 Å². The van der Waals surface area contributed by atoms with Crippen molar-refractivity contribution in [1.29, 1.82) is 0 Å². The maximum atomic E-state index is 13.7. The summed E-state index contributed by atoms with van der Waals surface area (Å²) in [5.74, 6) is -2.04. The Balaban J connectivity index is 1.57. The van der Waals surface area contributed by atoms with Crippen molar-refractivity contribution < 1.29 is 18.3 Å². The van der Waals surface area contributed by atoms with E-state index in [1.807, 2.05) is 6.07 Å². The first-order chi connectivity index (χ1) is 13.1. The average Bonchev–Trinajstić information content (AvgIpc) is 3.15. The van der Waals surface area contributed by atoms with Crippen molar-refractivity contribution in [2.24, 2.45) is 0 Å². The van der Waals surface area contributed by atoms with E-state index in [1.54, 1.807) is 29.7 Å². The highest BCUT2D eigenvalue weighted by molar-refractivity contribution is 5.79. The molecule has 1 aliphatic heterocycles. The number of pyridine rings is 1. The summed E-state index contributed by atoms with van der Waals surface area (Å²) in [4.78, 5) is 26.1. The number of benzene rings is 1. The molecule has 6 nitrogen and oxygen atoms in total. The van der Waals surface area contributed by atoms with Gasteiger partial charge in [-0.25, -0.2) is 13.8 Å². The molecule has 0 bridgehead atoms. The molecule has 0 fully saturated rings. The first-order valence-corrected chi connectivity index (χ1v) is 8.43. The number of carbonyl (C=O) groups excluding carboxylic acids is 1. The summed E-state index contributed by atoms with van der Waals surface area (Å²) in [5, 5.41) is 0. The Labute approximate surface area is 153 Å². The zero-order chi connectivity index (χ0) is 18.8. The minimum Gasteiger partial charge on any atom is -0.481 e. The van der Waals surface area contributed by atoms with Gasteiger partial charge < -0.3 is 14.6 Å². The molecule has 4 rings (SSSR count). The van der Waals surface area contributed by atoms with Gasteiger partial charge in [-0.15, -0.1) is 0 Å². The number of H-pyrrole nitrogens is 1. The number of nitrogens with zero attached hydrogens (tertiary/aromatic N) is 3. The molecule has 1 atom stereocenters. The number of aromatic amines is 1. The molecule has 0 spiro atoms. The van der Waals surface area contributed by atoms with Crippen LogP contribution in [0.5, 0.6) is 5.75 Å². The smallest absolute Gasteiger partial charge is 0.261 e. The molecule has 8 heteroatoms. The Morgan fingerprint density at radius 1 is 1.33 bits per heavy atom. The van der Waals surface area contributed by atoms with Gasteiger partial charge in [-0.2, -0.15) is 0 Å². The van der Waals surface area contributed by atoms with E-state index in [0.717, 1.165) is 29.1 Å². The molecule has 3 heterocycles. The lowest BCUT2D eigenvalue weighted by atomic mass is 9.97. The molecule has 0 radical (unpaired) electrons. The van der Waals surface area contributed by atoms with Gasteiger partial charge >= 0.3 is 0 Å². The van der Waals surface area contributed by atoms with E-state index >= 15 is 0 Å². The minimum atomic E-state index is -0.847. The van der Waals surface area contributed by atoms with E-state index in [-0.39, 0.29) is 18.3 Å². The minimum absolute atomic E-state index is 0.167. The van der Waals surface area contributed by atoms with Crippen molar-refractivity contribution in [3.05, 3.63) is 77.6 Å². The van der Waals surface area contributed by atoms with Gasteiger partial charge in [0.25, 0.3) is 5.91 Å². The SMILES string of the molecule is O=C(COc1ccc(F)cc1F)N1CCc2[nH]cnc2C1c1cccnc1. The van der Waals surface area contributed by atoms with Gasteiger partial charge in [0.05, 0.1) is 12.0 Å². The molecule has 0 aliphatic carbocycles. The maximum Gasteiger partial charge on any atom is 0.261 e. The predicted octanol–water partition coefficient (Wildman–Crippen LogP) is 2.64. The Bertz CT molecular complexity index is 961. The highest BCUT2D eigenvalue weighted by atomic mass is 19.1. The second-order valence-electron chi connectivity index (χ2n) is 6.16. The number of hydrogen-bond acceptors (Lipinski definition) is 4. The molecule has 3 aromatic rings. The van der Waals surface area contributed by atoms with E-state index in [1.165, 1.54) is 6.07 Å². The van der Waals surface area contributed by atoms with Gasteiger partial charge in [0.1, 0.15) is 11.9 Å². The van der Waals surface area contributed by atoms with Crippen molar-refractivity contribution in [3.8, 4) is 5.75 Å². The van der Waals surface area contributed by atoms with Crippen LogP contribution in [0.3, 0.4) is 0 Å². The molecule has 0 saturated carbocycles. The number of imidazole rings is 1. The molecule has 1 N–H and O–H groups in total. The molecule has 27 heavy (non-hydrogen) atoms. The van der Waals surface area contributed by atoms with Gasteiger partial charge in [0, 0.05) is 37.1 Å². The lowest BCUT2D eigenvalue weighted by Gasteiger charge is -2.35. The molecule has 1 unspecified atom stereocenters. The summed E-state index contributed by atoms with van der Waals surface area (Å²) in [6.07, 6.45) is 5.58. The number of halogens is 2. The van der Waals surface area contributed by atoms with Crippen molar-refractivity contribution in [2.75, 3.05) is 13.2 Å². The topological polar surface area (TPSA) is 71.1 Å². The largest absolute Gasteiger partial charge is 0.481 e. The van der Waals surface area contributed by atoms with Gasteiger partial charge in [-0.05, 0) is 23.8 Å². The third-order valence-corrected chi connectivity index (χ3v) is 4.49. The fourth-order valence-corrected chi connectivity index (χ4v) is 3.24. The van der Waals surface area contributed by atoms with Gasteiger partial charge in [-0.3, -0.25) is 9.78 Å². The normalized spacial score (nSPS) is 16.1. The molecule has 138 valence electrons. The predicted molar refractivity (Wildman–Crippen MR) is 91.9 cm³/mol. The number of ether oxygens (including phenoxy) is 1. The number of carbonyl (C=O) groups is 1. The summed E-state index contributed by atoms with van der Waals surface area (Å²) >= 11 is 0. The second-order valence-corrected chi connectivity index (χ2v) is 6.16. The van der Waals surface area contributed by atoms with Crippen LogP contribution in [-0.4, -0.2) is 38.9 Å². The highest BCUT2D eigenvalue weighted by Crippen LogP contribution is 2.33. The fraction of sp³-hybridized carbons (Fsp3) is 0.211. The van der Waals surface area contributed by atoms with Crippen LogP contribution in [0, 0.1) is 11.6 Å². The lowest BCUT2D eigenvalue weighted by Crippen LogP contribution is -2.43. The summed E-state index contributed by atoms with van der Waals surface area (Å²) in [5.41, 5.74) is 2.56. The van der Waals surface area contributed by atoms with E-state index in [9.17, 15) is 13.6 Å². The maximum absolute atomic E-state index is 13.7. The Morgan fingerprint density at radius 2 is 2.22 bits per heavy atom. The van der Waals surface area contributed by atoms with Crippen LogP contribution in [0.25, 0.3) is 0 Å². The van der Waals surface area contributed by atoms with Crippen LogP contribution in [0.2, 0.25) is 0 Å². The zero-order valence-electron chi connectivity index (χ0n) is 14.2. The number of amides is 1. The number of nitrogens with one attached hydrogen (secondary N) is 1. The molecular weight excluding hydrogens is 354 g/mol. The first-order valence-electron chi connectivity index (χ1n) is 8.43. The zero-order valence-corrected chi connectivity index (χ0v) is 14.2. The average molecular weight is 370 g/mol. The van der Waals surface area contributed by atoms with Crippen molar-refractivity contribution in [3.63, 3.8) is 0 Å². The fourth-order valence-electron chi connectivity index (χ4n) is 3.24. The number of aromatic nitrogens is 3. The third-order valence-electron chi connectivity index (χ3n) is 4.49. The lowest BCUT2D eigenvalue weighted by molar-refractivity contribution is -0.135. The van der Waals surface area contributed by atoms with Crippen LogP contribution in [-0.2, 0) is 11.2 Å². The Hall–Kier alpha value is -3.29. The van der Waals surface area contributed by atoms with Crippen LogP contribution in [0.15, 0.2) is 49.1 Å². The molecule has 1 aliphatic rings. The van der Waals surface area contributed by atoms with Gasteiger partial charge in [0.2, 0.25) is 0 Å². The molecule has 0 saturated heterocycles. The highest BCUT2D eigenvalue weighted by Gasteiger charge is 2.34. The standard InChI is InChI=1S/C19H16F2N4O2/c20-13-3-4-16(14(21)8-13)27-10-17(26)25-7-5-15-18(24-11-23-15)19(25)12-2-1-6-22-9-12/h1-4,6,8-9,11,19H,5,7,10H2,(H,23,24). The number of hydrogen-bond donors (Lipinski definition) is 1. The summed E-state index contributed by atoms with van der Waals surface area (Å²) in [6, 6.07) is 6.24. The van der Waals surface area contributed by atoms with Crippen LogP contribution >= 0.6 is 0 Å². The van der Waals surface area contributed by atoms with Crippen LogP contribution in [0.4, 0.5) is 8.78 Å². The van der Waals surface area contributed by atoms with Crippen molar-refractivity contribution in [1.82, 2.24) is 19.9 Å². The molecule has 1 aromatic carbocycles. The van der Waals surface area contributed by atoms with Crippen LogP contribution in [0.1, 0.15) is 23.0 Å². The molecule has 2 aromatic heterocycles. The number of rotatable bonds is 4. The van der Waals surface area contributed by atoms with Gasteiger partial charge in [0.15, 0.2) is 18.2 Å². The first kappa shape index (κ1) is 17.1. The van der Waals surface area contributed by atoms with Crippen molar-refractivity contribution >= 4 is 5.91 Å². The summed E-state index contributed by atoms with van der Waals surface area (Å²) in [6.45, 7) is 0.0991. The summed E-state index contributed by atoms with van der Waals surface area (Å²) in [7, 11) is 0. The summed E-state index contributed by atoms with van der Waals surface area (Å²) < 4.78 is 32.0. The quantitative estimate of drug-likeness (QED) is 0.766. The monoisotopic (exact) mass is 370 g/mol.